The Hall–Kier alpha value is -2.05. The summed E-state index contributed by atoms with van der Waals surface area (Å²) in [6.45, 7) is 11.0. The summed E-state index contributed by atoms with van der Waals surface area (Å²) in [7, 11) is 0. The van der Waals surface area contributed by atoms with Crippen LogP contribution in [0.4, 0.5) is 0 Å². The van der Waals surface area contributed by atoms with E-state index in [0.29, 0.717) is 6.04 Å². The molecule has 3 heterocycles. The minimum Gasteiger partial charge on any atom is -0.379 e. The Morgan fingerprint density at radius 1 is 1.18 bits per heavy atom. The molecule has 2 aliphatic rings. The molecule has 1 aromatic carbocycles. The van der Waals surface area contributed by atoms with Gasteiger partial charge in [-0.05, 0) is 37.3 Å². The number of aryl methyl sites for hydroxylation is 1. The van der Waals surface area contributed by atoms with Gasteiger partial charge in [-0.25, -0.2) is 0 Å². The Morgan fingerprint density at radius 3 is 2.89 bits per heavy atom. The van der Waals surface area contributed by atoms with Gasteiger partial charge >= 0.3 is 0 Å². The number of guanidine groups is 1. The normalized spacial score (nSPS) is 21.5. The standard InChI is InChI=1S/C22H33N5O/c1-2-23-22(27-13-9-20(18-27)25-14-16-28-17-15-25)24-10-5-11-26-12-8-19-6-3-4-7-21(19)26/h3-4,6-8,12,20H,2,5,9-11,13-18H2,1H3,(H,23,24). The number of para-hydroxylation sites is 1. The summed E-state index contributed by atoms with van der Waals surface area (Å²) >= 11 is 0. The largest absolute Gasteiger partial charge is 0.379 e. The predicted molar refractivity (Wildman–Crippen MR) is 115 cm³/mol. The van der Waals surface area contributed by atoms with Crippen LogP contribution in [0, 0.1) is 0 Å². The Balaban J connectivity index is 1.30. The first-order valence-corrected chi connectivity index (χ1v) is 10.7. The van der Waals surface area contributed by atoms with Crippen LogP contribution in [-0.4, -0.2) is 78.9 Å². The molecule has 2 aliphatic heterocycles. The molecule has 0 bridgehead atoms. The van der Waals surface area contributed by atoms with E-state index < -0.39 is 0 Å². The second-order valence-electron chi connectivity index (χ2n) is 7.69. The third-order valence-electron chi connectivity index (χ3n) is 5.86. The fraction of sp³-hybridized carbons (Fsp3) is 0.591. The number of morpholine rings is 1. The van der Waals surface area contributed by atoms with Gasteiger partial charge in [0.15, 0.2) is 5.96 Å². The molecule has 2 saturated heterocycles. The van der Waals surface area contributed by atoms with Gasteiger partial charge in [0.1, 0.15) is 0 Å². The van der Waals surface area contributed by atoms with Crippen LogP contribution in [0.25, 0.3) is 10.9 Å². The van der Waals surface area contributed by atoms with E-state index in [1.807, 2.05) is 0 Å². The van der Waals surface area contributed by atoms with Crippen molar-refractivity contribution < 1.29 is 4.74 Å². The predicted octanol–water partition coefficient (Wildman–Crippen LogP) is 2.40. The van der Waals surface area contributed by atoms with Crippen LogP contribution in [0.5, 0.6) is 0 Å². The molecule has 2 aromatic rings. The second kappa shape index (κ2) is 9.43. The van der Waals surface area contributed by atoms with E-state index in [0.717, 1.165) is 71.4 Å². The van der Waals surface area contributed by atoms with Gasteiger partial charge in [0.2, 0.25) is 0 Å². The summed E-state index contributed by atoms with van der Waals surface area (Å²) in [5.74, 6) is 1.08. The zero-order chi connectivity index (χ0) is 19.2. The third-order valence-corrected chi connectivity index (χ3v) is 5.86. The van der Waals surface area contributed by atoms with Crippen LogP contribution in [0.3, 0.4) is 0 Å². The highest BCUT2D eigenvalue weighted by atomic mass is 16.5. The average Bonchev–Trinajstić information content (AvgIpc) is 3.39. The van der Waals surface area contributed by atoms with Crippen molar-refractivity contribution in [3.8, 4) is 0 Å². The van der Waals surface area contributed by atoms with Gasteiger partial charge in [0.05, 0.1) is 13.2 Å². The minimum absolute atomic E-state index is 0.638. The van der Waals surface area contributed by atoms with Crippen LogP contribution < -0.4 is 5.32 Å². The lowest BCUT2D eigenvalue weighted by molar-refractivity contribution is 0.0195. The number of benzene rings is 1. The lowest BCUT2D eigenvalue weighted by atomic mass is 10.2. The van der Waals surface area contributed by atoms with Crippen LogP contribution in [0.15, 0.2) is 41.5 Å². The zero-order valence-corrected chi connectivity index (χ0v) is 17.0. The maximum atomic E-state index is 5.50. The molecule has 0 amide bonds. The Kier molecular flexibility index (Phi) is 6.49. The van der Waals surface area contributed by atoms with Gasteiger partial charge in [0.25, 0.3) is 0 Å². The number of likely N-dealkylation sites (tertiary alicyclic amines) is 1. The van der Waals surface area contributed by atoms with Gasteiger partial charge in [0, 0.05) is 63.6 Å². The van der Waals surface area contributed by atoms with Gasteiger partial charge in [-0.2, -0.15) is 0 Å². The van der Waals surface area contributed by atoms with Crippen LogP contribution in [-0.2, 0) is 11.3 Å². The molecule has 6 heteroatoms. The van der Waals surface area contributed by atoms with E-state index in [1.165, 1.54) is 17.3 Å². The Labute approximate surface area is 168 Å². The molecule has 0 aliphatic carbocycles. The van der Waals surface area contributed by atoms with Gasteiger partial charge in [-0.3, -0.25) is 9.89 Å². The van der Waals surface area contributed by atoms with Crippen molar-refractivity contribution >= 4 is 16.9 Å². The van der Waals surface area contributed by atoms with Crippen molar-refractivity contribution in [1.29, 1.82) is 0 Å². The number of nitrogens with one attached hydrogen (secondary N) is 1. The molecule has 152 valence electrons. The number of aliphatic imine (C=N–C) groups is 1. The van der Waals surface area contributed by atoms with Gasteiger partial charge < -0.3 is 19.5 Å². The number of aromatic nitrogens is 1. The molecule has 28 heavy (non-hydrogen) atoms. The molecule has 0 spiro atoms. The molecular weight excluding hydrogens is 350 g/mol. The van der Waals surface area contributed by atoms with E-state index >= 15 is 0 Å². The van der Waals surface area contributed by atoms with E-state index in [9.17, 15) is 0 Å². The highest BCUT2D eigenvalue weighted by Gasteiger charge is 2.30. The quantitative estimate of drug-likeness (QED) is 0.473. The first-order valence-electron chi connectivity index (χ1n) is 10.7. The van der Waals surface area contributed by atoms with Crippen molar-refractivity contribution in [3.05, 3.63) is 36.5 Å². The number of rotatable bonds is 6. The molecule has 6 nitrogen and oxygen atoms in total. The summed E-state index contributed by atoms with van der Waals surface area (Å²) in [6.07, 6.45) is 4.46. The van der Waals surface area contributed by atoms with Crippen molar-refractivity contribution in [2.45, 2.75) is 32.4 Å². The smallest absolute Gasteiger partial charge is 0.193 e. The Bertz CT molecular complexity index is 780. The minimum atomic E-state index is 0.638. The maximum absolute atomic E-state index is 5.50. The van der Waals surface area contributed by atoms with Gasteiger partial charge in [-0.1, -0.05) is 18.2 Å². The van der Waals surface area contributed by atoms with Gasteiger partial charge in [-0.15, -0.1) is 0 Å². The zero-order valence-electron chi connectivity index (χ0n) is 17.0. The molecule has 1 aromatic heterocycles. The SMILES string of the molecule is CCNC(=NCCCn1ccc2ccccc21)N1CCC(N2CCOCC2)C1. The third kappa shape index (κ3) is 4.50. The average molecular weight is 384 g/mol. The van der Waals surface area contributed by atoms with Crippen molar-refractivity contribution in [1.82, 2.24) is 19.7 Å². The maximum Gasteiger partial charge on any atom is 0.193 e. The molecular formula is C22H33N5O. The summed E-state index contributed by atoms with van der Waals surface area (Å²) in [4.78, 5) is 9.96. The molecule has 0 saturated carbocycles. The topological polar surface area (TPSA) is 45.0 Å². The Morgan fingerprint density at radius 2 is 2.04 bits per heavy atom. The van der Waals surface area contributed by atoms with Crippen molar-refractivity contribution in [2.24, 2.45) is 4.99 Å². The lowest BCUT2D eigenvalue weighted by Gasteiger charge is -2.32. The highest BCUT2D eigenvalue weighted by molar-refractivity contribution is 5.80. The second-order valence-corrected chi connectivity index (χ2v) is 7.69. The lowest BCUT2D eigenvalue weighted by Crippen LogP contribution is -2.46. The highest BCUT2D eigenvalue weighted by Crippen LogP contribution is 2.18. The van der Waals surface area contributed by atoms with Crippen molar-refractivity contribution in [2.75, 3.05) is 52.5 Å². The number of nitrogens with zero attached hydrogens (tertiary/aromatic N) is 4. The number of hydrogen-bond donors (Lipinski definition) is 1. The summed E-state index contributed by atoms with van der Waals surface area (Å²) < 4.78 is 7.84. The number of fused-ring (bicyclic) bond motifs is 1. The first-order chi connectivity index (χ1) is 13.8. The molecule has 2 fully saturated rings. The van der Waals surface area contributed by atoms with E-state index in [-0.39, 0.29) is 0 Å². The molecule has 1 N–H and O–H groups in total. The molecule has 1 unspecified atom stereocenters. The monoisotopic (exact) mass is 383 g/mol. The number of ether oxygens (including phenoxy) is 1. The van der Waals surface area contributed by atoms with Crippen LogP contribution in [0.1, 0.15) is 19.8 Å². The van der Waals surface area contributed by atoms with E-state index in [4.69, 9.17) is 9.73 Å². The van der Waals surface area contributed by atoms with Crippen LogP contribution in [0.2, 0.25) is 0 Å². The molecule has 0 radical (unpaired) electrons. The summed E-state index contributed by atoms with van der Waals surface area (Å²) in [6, 6.07) is 11.4. The molecule has 4 rings (SSSR count). The summed E-state index contributed by atoms with van der Waals surface area (Å²) in [5, 5.41) is 4.81. The van der Waals surface area contributed by atoms with Crippen LogP contribution >= 0.6 is 0 Å². The van der Waals surface area contributed by atoms with E-state index in [2.05, 4.69) is 63.1 Å². The van der Waals surface area contributed by atoms with E-state index in [1.54, 1.807) is 0 Å². The first kappa shape index (κ1) is 19.3. The fourth-order valence-corrected chi connectivity index (χ4v) is 4.36. The summed E-state index contributed by atoms with van der Waals surface area (Å²) in [5.41, 5.74) is 1.31. The molecule has 1 atom stereocenters. The van der Waals surface area contributed by atoms with Crippen molar-refractivity contribution in [3.63, 3.8) is 0 Å². The fourth-order valence-electron chi connectivity index (χ4n) is 4.36. The number of hydrogen-bond acceptors (Lipinski definition) is 3.